The second-order valence-electron chi connectivity index (χ2n) is 10.9. The van der Waals surface area contributed by atoms with E-state index in [2.05, 4.69) is 0 Å². The number of aliphatic imine (C=N–C) groups is 1. The molecule has 0 fully saturated rings. The van der Waals surface area contributed by atoms with Crippen LogP contribution >= 0.6 is 0 Å². The van der Waals surface area contributed by atoms with Crippen LogP contribution in [0.25, 0.3) is 0 Å². The lowest BCUT2D eigenvalue weighted by Crippen LogP contribution is -2.38. The highest BCUT2D eigenvalue weighted by Crippen LogP contribution is 2.48. The Labute approximate surface area is 258 Å². The maximum absolute atomic E-state index is 14.1. The van der Waals surface area contributed by atoms with Crippen LogP contribution in [0, 0.1) is 5.92 Å². The van der Waals surface area contributed by atoms with Gasteiger partial charge < -0.3 is 23.7 Å². The molecule has 44 heavy (non-hydrogen) atoms. The number of nitrogens with zero attached hydrogens (tertiary/aromatic N) is 1. The third kappa shape index (κ3) is 6.86. The number of allylic oxidation sites excluding steroid dienone is 2. The first-order chi connectivity index (χ1) is 21.4. The topological polar surface area (TPSA) is 92.7 Å². The van der Waals surface area contributed by atoms with E-state index < -0.39 is 17.8 Å². The molecule has 0 saturated carbocycles. The van der Waals surface area contributed by atoms with Crippen LogP contribution in [0.3, 0.4) is 0 Å². The number of carbonyl (C=O) groups is 2. The molecule has 0 amide bonds. The van der Waals surface area contributed by atoms with Gasteiger partial charge in [0.25, 0.3) is 0 Å². The van der Waals surface area contributed by atoms with Gasteiger partial charge in [-0.1, -0.05) is 48.5 Å². The van der Waals surface area contributed by atoms with Gasteiger partial charge in [-0.3, -0.25) is 14.6 Å². The number of benzene rings is 3. The molecule has 1 aliphatic heterocycles. The standard InChI is InChI=1S/C36H39NO7/c1-5-42-16-17-43-36(39)33-23(2)37-29-19-27(25-14-15-31(40-3)32(21-25)41-4)20-30(38)35(29)34(33)26-12-9-13-28(18-26)44-22-24-10-7-6-8-11-24/h6-15,18,21,27,33-34H,5,16-17,19-20,22H2,1-4H3/t27-,33?,34-/m1/s1. The van der Waals surface area contributed by atoms with Crippen molar-refractivity contribution in [1.82, 2.24) is 0 Å². The highest BCUT2D eigenvalue weighted by atomic mass is 16.6. The molecule has 1 aliphatic carbocycles. The summed E-state index contributed by atoms with van der Waals surface area (Å²) in [6.07, 6.45) is 0.844. The molecular formula is C36H39NO7. The Kier molecular flexibility index (Phi) is 10.1. The van der Waals surface area contributed by atoms with Gasteiger partial charge in [-0.05, 0) is 67.1 Å². The van der Waals surface area contributed by atoms with Gasteiger partial charge in [0.2, 0.25) is 0 Å². The van der Waals surface area contributed by atoms with Gasteiger partial charge >= 0.3 is 5.97 Å². The summed E-state index contributed by atoms with van der Waals surface area (Å²) >= 11 is 0. The van der Waals surface area contributed by atoms with Crippen LogP contribution < -0.4 is 14.2 Å². The summed E-state index contributed by atoms with van der Waals surface area (Å²) in [5, 5.41) is 0. The quantitative estimate of drug-likeness (QED) is 0.175. The molecule has 0 spiro atoms. The van der Waals surface area contributed by atoms with E-state index in [1.807, 2.05) is 86.6 Å². The third-order valence-corrected chi connectivity index (χ3v) is 8.16. The van der Waals surface area contributed by atoms with E-state index in [0.29, 0.717) is 60.5 Å². The highest BCUT2D eigenvalue weighted by molar-refractivity contribution is 6.09. The molecule has 0 bridgehead atoms. The van der Waals surface area contributed by atoms with Gasteiger partial charge in [0.05, 0.1) is 20.8 Å². The van der Waals surface area contributed by atoms with Crippen molar-refractivity contribution in [3.05, 3.63) is 101 Å². The Morgan fingerprint density at radius 2 is 1.68 bits per heavy atom. The van der Waals surface area contributed by atoms with Gasteiger partial charge in [-0.25, -0.2) is 0 Å². The summed E-state index contributed by atoms with van der Waals surface area (Å²) in [5.41, 5.74) is 4.72. The van der Waals surface area contributed by atoms with Gasteiger partial charge in [-0.2, -0.15) is 0 Å². The molecule has 3 atom stereocenters. The second kappa shape index (κ2) is 14.4. The van der Waals surface area contributed by atoms with Crippen molar-refractivity contribution < 1.29 is 33.3 Å². The van der Waals surface area contributed by atoms with E-state index in [0.717, 1.165) is 16.7 Å². The third-order valence-electron chi connectivity index (χ3n) is 8.16. The molecule has 230 valence electrons. The van der Waals surface area contributed by atoms with E-state index in [9.17, 15) is 9.59 Å². The van der Waals surface area contributed by atoms with Crippen molar-refractivity contribution >= 4 is 17.5 Å². The Bertz CT molecular complexity index is 1550. The van der Waals surface area contributed by atoms with Gasteiger partial charge in [-0.15, -0.1) is 0 Å². The molecule has 0 radical (unpaired) electrons. The molecule has 8 nitrogen and oxygen atoms in total. The first kappa shape index (κ1) is 31.0. The van der Waals surface area contributed by atoms with Crippen molar-refractivity contribution in [3.8, 4) is 17.2 Å². The number of methoxy groups -OCH3 is 2. The van der Waals surface area contributed by atoms with Crippen LogP contribution in [0.5, 0.6) is 17.2 Å². The monoisotopic (exact) mass is 597 g/mol. The summed E-state index contributed by atoms with van der Waals surface area (Å²) in [6.45, 7) is 5.10. The predicted octanol–water partition coefficient (Wildman–Crippen LogP) is 6.44. The Morgan fingerprint density at radius 3 is 2.43 bits per heavy atom. The number of rotatable bonds is 12. The van der Waals surface area contributed by atoms with Gasteiger partial charge in [0, 0.05) is 35.9 Å². The van der Waals surface area contributed by atoms with Crippen LogP contribution in [0.15, 0.2) is 89.1 Å². The van der Waals surface area contributed by atoms with Crippen LogP contribution in [-0.4, -0.2) is 51.5 Å². The molecule has 2 aliphatic rings. The molecule has 3 aromatic carbocycles. The first-order valence-electron chi connectivity index (χ1n) is 15.0. The van der Waals surface area contributed by atoms with Crippen molar-refractivity contribution in [2.24, 2.45) is 10.9 Å². The lowest BCUT2D eigenvalue weighted by Gasteiger charge is -2.36. The summed E-state index contributed by atoms with van der Waals surface area (Å²) in [4.78, 5) is 32.5. The average molecular weight is 598 g/mol. The number of ketones is 1. The van der Waals surface area contributed by atoms with Crippen LogP contribution in [0.4, 0.5) is 0 Å². The van der Waals surface area contributed by atoms with Gasteiger partial charge in [0.15, 0.2) is 17.3 Å². The van der Waals surface area contributed by atoms with Crippen molar-refractivity contribution in [3.63, 3.8) is 0 Å². The van der Waals surface area contributed by atoms with Crippen LogP contribution in [0.2, 0.25) is 0 Å². The fourth-order valence-corrected chi connectivity index (χ4v) is 6.04. The number of Topliss-reactive ketones (excluding diaryl/α,β-unsaturated/α-hetero) is 1. The normalized spacial score (nSPS) is 19.6. The average Bonchev–Trinajstić information content (AvgIpc) is 3.05. The molecule has 5 rings (SSSR count). The zero-order valence-corrected chi connectivity index (χ0v) is 25.7. The Morgan fingerprint density at radius 1 is 0.886 bits per heavy atom. The minimum absolute atomic E-state index is 0.0324. The predicted molar refractivity (Wildman–Crippen MR) is 168 cm³/mol. The highest BCUT2D eigenvalue weighted by Gasteiger charge is 2.45. The molecule has 3 aromatic rings. The zero-order chi connectivity index (χ0) is 31.1. The fourth-order valence-electron chi connectivity index (χ4n) is 6.04. The molecule has 1 heterocycles. The van der Waals surface area contributed by atoms with E-state index in [1.54, 1.807) is 14.2 Å². The summed E-state index contributed by atoms with van der Waals surface area (Å²) in [7, 11) is 3.19. The smallest absolute Gasteiger partial charge is 0.315 e. The van der Waals surface area contributed by atoms with Crippen molar-refractivity contribution in [2.45, 2.75) is 45.1 Å². The molecule has 1 unspecified atom stereocenters. The summed E-state index contributed by atoms with van der Waals surface area (Å²) in [5.74, 6) is 0.0492. The molecular weight excluding hydrogens is 558 g/mol. The number of ether oxygens (including phenoxy) is 5. The number of hydrogen-bond acceptors (Lipinski definition) is 8. The molecule has 0 aromatic heterocycles. The Balaban J connectivity index is 1.49. The summed E-state index contributed by atoms with van der Waals surface area (Å²) in [6, 6.07) is 23.3. The fraction of sp³-hybridized carbons (Fsp3) is 0.361. The SMILES string of the molecule is CCOCCOC(=O)C1C(C)=NC2=C(C(=O)C[C@H](c3ccc(OC)c(OC)c3)C2)[C@@H]1c1cccc(OCc2ccccc2)c1. The van der Waals surface area contributed by atoms with Crippen LogP contribution in [-0.2, 0) is 25.7 Å². The molecule has 0 saturated heterocycles. The largest absolute Gasteiger partial charge is 0.493 e. The minimum atomic E-state index is -0.749. The second-order valence-corrected chi connectivity index (χ2v) is 10.9. The van der Waals surface area contributed by atoms with Crippen molar-refractivity contribution in [1.29, 1.82) is 0 Å². The van der Waals surface area contributed by atoms with Crippen LogP contribution in [0.1, 0.15) is 55.2 Å². The number of hydrogen-bond donors (Lipinski definition) is 0. The molecule has 0 N–H and O–H groups in total. The van der Waals surface area contributed by atoms with Gasteiger partial charge in [0.1, 0.15) is 24.9 Å². The zero-order valence-electron chi connectivity index (χ0n) is 25.7. The summed E-state index contributed by atoms with van der Waals surface area (Å²) < 4.78 is 28.1. The van der Waals surface area contributed by atoms with E-state index >= 15 is 0 Å². The maximum atomic E-state index is 14.1. The lowest BCUT2D eigenvalue weighted by molar-refractivity contribution is -0.148. The number of carbonyl (C=O) groups excluding carboxylic acids is 2. The van der Waals surface area contributed by atoms with E-state index in [1.165, 1.54) is 0 Å². The lowest BCUT2D eigenvalue weighted by atomic mass is 9.69. The van der Waals surface area contributed by atoms with Crippen molar-refractivity contribution in [2.75, 3.05) is 34.0 Å². The van der Waals surface area contributed by atoms with E-state index in [-0.39, 0.29) is 24.7 Å². The molecule has 8 heteroatoms. The first-order valence-corrected chi connectivity index (χ1v) is 15.0. The Hall–Kier alpha value is -4.43. The maximum Gasteiger partial charge on any atom is 0.315 e. The van der Waals surface area contributed by atoms with E-state index in [4.69, 9.17) is 28.7 Å². The number of esters is 1. The minimum Gasteiger partial charge on any atom is -0.493 e.